The fourth-order valence-corrected chi connectivity index (χ4v) is 4.11. The Bertz CT molecular complexity index is 1000. The smallest absolute Gasteiger partial charge is 0.191 e. The van der Waals surface area contributed by atoms with Gasteiger partial charge in [0.05, 0.1) is 11.6 Å². The summed E-state index contributed by atoms with van der Waals surface area (Å²) in [5.41, 5.74) is 4.73. The van der Waals surface area contributed by atoms with Gasteiger partial charge in [-0.3, -0.25) is 9.98 Å². The molecule has 5 nitrogen and oxygen atoms in total. The predicted octanol–water partition coefficient (Wildman–Crippen LogP) is 4.99. The summed E-state index contributed by atoms with van der Waals surface area (Å²) in [6.45, 7) is 4.45. The number of hydrogen-bond acceptors (Lipinski definition) is 3. The monoisotopic (exact) mass is 530 g/mol. The maximum atomic E-state index is 6.15. The lowest BCUT2D eigenvalue weighted by Crippen LogP contribution is -2.41. The lowest BCUT2D eigenvalue weighted by molar-refractivity contribution is -0.0265. The van der Waals surface area contributed by atoms with Crippen LogP contribution in [0.2, 0.25) is 0 Å². The highest BCUT2D eigenvalue weighted by Crippen LogP contribution is 2.33. The van der Waals surface area contributed by atoms with E-state index in [0.717, 1.165) is 48.4 Å². The predicted molar refractivity (Wildman–Crippen MR) is 138 cm³/mol. The minimum Gasteiger partial charge on any atom is -0.373 e. The van der Waals surface area contributed by atoms with Crippen molar-refractivity contribution < 1.29 is 4.74 Å². The second kappa shape index (κ2) is 11.4. The molecule has 0 aliphatic carbocycles. The number of pyridine rings is 1. The van der Waals surface area contributed by atoms with Crippen LogP contribution >= 0.6 is 24.0 Å². The first-order valence-electron chi connectivity index (χ1n) is 10.7. The highest BCUT2D eigenvalue weighted by molar-refractivity contribution is 14.0. The third-order valence-electron chi connectivity index (χ3n) is 5.77. The summed E-state index contributed by atoms with van der Waals surface area (Å²) in [6, 6.07) is 19.0. The van der Waals surface area contributed by atoms with Crippen LogP contribution in [0.4, 0.5) is 0 Å². The van der Waals surface area contributed by atoms with Gasteiger partial charge in [0.2, 0.25) is 0 Å². The number of ether oxygens (including phenoxy) is 1. The largest absolute Gasteiger partial charge is 0.373 e. The molecule has 2 unspecified atom stereocenters. The quantitative estimate of drug-likeness (QED) is 0.277. The van der Waals surface area contributed by atoms with Crippen LogP contribution in [0.15, 0.2) is 65.8 Å². The Hall–Kier alpha value is -2.19. The van der Waals surface area contributed by atoms with E-state index in [1.807, 2.05) is 19.3 Å². The molecule has 0 radical (unpaired) electrons. The molecule has 0 amide bonds. The van der Waals surface area contributed by atoms with Crippen LogP contribution in [0.5, 0.6) is 0 Å². The first kappa shape index (κ1) is 23.5. The standard InChI is InChI=1S/C25H30N4O.HI/c1-18-10-12-20(13-11-18)24-22(9-5-15-30-24)17-29-25(26-2)28-16-21-7-3-6-19-8-4-14-27-23(19)21;/h3-4,6-8,10-14,22,24H,5,9,15-17H2,1-2H3,(H2,26,28,29);1H. The number of para-hydroxylation sites is 1. The molecule has 1 saturated heterocycles. The molecule has 4 rings (SSSR count). The van der Waals surface area contributed by atoms with E-state index in [9.17, 15) is 0 Å². The van der Waals surface area contributed by atoms with Gasteiger partial charge in [-0.05, 0) is 37.0 Å². The van der Waals surface area contributed by atoms with Gasteiger partial charge < -0.3 is 15.4 Å². The summed E-state index contributed by atoms with van der Waals surface area (Å²) < 4.78 is 6.15. The van der Waals surface area contributed by atoms with E-state index >= 15 is 0 Å². The van der Waals surface area contributed by atoms with Crippen molar-refractivity contribution in [1.82, 2.24) is 15.6 Å². The molecule has 6 heteroatoms. The van der Waals surface area contributed by atoms with Crippen LogP contribution in [0.3, 0.4) is 0 Å². The van der Waals surface area contributed by atoms with Crippen molar-refractivity contribution in [2.24, 2.45) is 10.9 Å². The van der Waals surface area contributed by atoms with E-state index in [0.29, 0.717) is 12.5 Å². The minimum atomic E-state index is 0. The summed E-state index contributed by atoms with van der Waals surface area (Å²) in [6.07, 6.45) is 4.22. The van der Waals surface area contributed by atoms with Crippen molar-refractivity contribution in [2.75, 3.05) is 20.2 Å². The van der Waals surface area contributed by atoms with Gasteiger partial charge in [-0.2, -0.15) is 0 Å². The number of nitrogens with one attached hydrogen (secondary N) is 2. The molecular weight excluding hydrogens is 499 g/mol. The number of nitrogens with zero attached hydrogens (tertiary/aromatic N) is 2. The zero-order valence-electron chi connectivity index (χ0n) is 18.2. The summed E-state index contributed by atoms with van der Waals surface area (Å²) >= 11 is 0. The summed E-state index contributed by atoms with van der Waals surface area (Å²) in [4.78, 5) is 8.95. The molecule has 1 aromatic heterocycles. The molecule has 2 atom stereocenters. The van der Waals surface area contributed by atoms with E-state index in [1.165, 1.54) is 11.1 Å². The van der Waals surface area contributed by atoms with Gasteiger partial charge >= 0.3 is 0 Å². The number of aromatic nitrogens is 1. The molecule has 2 heterocycles. The highest BCUT2D eigenvalue weighted by atomic mass is 127. The molecule has 1 aliphatic heterocycles. The van der Waals surface area contributed by atoms with Gasteiger partial charge in [0.1, 0.15) is 0 Å². The highest BCUT2D eigenvalue weighted by Gasteiger charge is 2.27. The number of aliphatic imine (C=N–C) groups is 1. The Morgan fingerprint density at radius 3 is 2.71 bits per heavy atom. The zero-order valence-corrected chi connectivity index (χ0v) is 20.5. The number of guanidine groups is 1. The Morgan fingerprint density at radius 1 is 1.10 bits per heavy atom. The molecule has 0 bridgehead atoms. The molecular formula is C25H31IN4O. The second-order valence-corrected chi connectivity index (χ2v) is 7.90. The van der Waals surface area contributed by atoms with E-state index in [-0.39, 0.29) is 30.1 Å². The lowest BCUT2D eigenvalue weighted by Gasteiger charge is -2.32. The number of halogens is 1. The molecule has 164 valence electrons. The van der Waals surface area contributed by atoms with Gasteiger partial charge in [-0.15, -0.1) is 24.0 Å². The Labute approximate surface area is 201 Å². The molecule has 2 N–H and O–H groups in total. The average molecular weight is 530 g/mol. The number of rotatable bonds is 5. The van der Waals surface area contributed by atoms with E-state index in [2.05, 4.69) is 76.1 Å². The maximum Gasteiger partial charge on any atom is 0.191 e. The van der Waals surface area contributed by atoms with E-state index in [4.69, 9.17) is 4.74 Å². The number of fused-ring (bicyclic) bond motifs is 1. The van der Waals surface area contributed by atoms with Gasteiger partial charge in [0.15, 0.2) is 5.96 Å². The van der Waals surface area contributed by atoms with Gasteiger partial charge in [0.25, 0.3) is 0 Å². The van der Waals surface area contributed by atoms with Crippen LogP contribution < -0.4 is 10.6 Å². The van der Waals surface area contributed by atoms with Crippen molar-refractivity contribution >= 4 is 40.8 Å². The number of hydrogen-bond donors (Lipinski definition) is 2. The zero-order chi connectivity index (χ0) is 20.8. The van der Waals surface area contributed by atoms with Gasteiger partial charge in [-0.25, -0.2) is 0 Å². The molecule has 31 heavy (non-hydrogen) atoms. The van der Waals surface area contributed by atoms with Crippen LogP contribution in [-0.4, -0.2) is 31.1 Å². The van der Waals surface area contributed by atoms with Crippen molar-refractivity contribution in [3.05, 3.63) is 77.5 Å². The number of benzene rings is 2. The lowest BCUT2D eigenvalue weighted by atomic mass is 9.89. The first-order valence-corrected chi connectivity index (χ1v) is 10.7. The van der Waals surface area contributed by atoms with Crippen LogP contribution in [0.1, 0.15) is 35.6 Å². The molecule has 1 fully saturated rings. The summed E-state index contributed by atoms with van der Waals surface area (Å²) in [5, 5.41) is 8.10. The Kier molecular flexibility index (Phi) is 8.66. The van der Waals surface area contributed by atoms with Crippen LogP contribution in [-0.2, 0) is 11.3 Å². The van der Waals surface area contributed by atoms with Crippen LogP contribution in [0.25, 0.3) is 10.9 Å². The molecule has 2 aromatic carbocycles. The molecule has 3 aromatic rings. The maximum absolute atomic E-state index is 6.15. The van der Waals surface area contributed by atoms with Gasteiger partial charge in [0, 0.05) is 44.2 Å². The van der Waals surface area contributed by atoms with E-state index < -0.39 is 0 Å². The minimum absolute atomic E-state index is 0. The Morgan fingerprint density at radius 2 is 1.90 bits per heavy atom. The molecule has 1 aliphatic rings. The summed E-state index contributed by atoms with van der Waals surface area (Å²) in [5.74, 6) is 1.22. The van der Waals surface area contributed by atoms with Gasteiger partial charge in [-0.1, -0.05) is 54.1 Å². The third kappa shape index (κ3) is 5.95. The van der Waals surface area contributed by atoms with Crippen molar-refractivity contribution in [1.29, 1.82) is 0 Å². The number of aryl methyl sites for hydroxylation is 1. The average Bonchev–Trinajstić information content (AvgIpc) is 2.80. The normalized spacial score (nSPS) is 19.0. The third-order valence-corrected chi connectivity index (χ3v) is 5.77. The van der Waals surface area contributed by atoms with Crippen molar-refractivity contribution in [3.63, 3.8) is 0 Å². The SMILES string of the molecule is CN=C(NCc1cccc2cccnc12)NCC1CCCOC1c1ccc(C)cc1.I. The first-order chi connectivity index (χ1) is 14.7. The Balaban J connectivity index is 0.00000272. The van der Waals surface area contributed by atoms with Crippen molar-refractivity contribution in [3.8, 4) is 0 Å². The molecule has 0 saturated carbocycles. The topological polar surface area (TPSA) is 58.5 Å². The fourth-order valence-electron chi connectivity index (χ4n) is 4.11. The summed E-state index contributed by atoms with van der Waals surface area (Å²) in [7, 11) is 1.81. The molecule has 0 spiro atoms. The van der Waals surface area contributed by atoms with Crippen molar-refractivity contribution in [2.45, 2.75) is 32.4 Å². The van der Waals surface area contributed by atoms with Crippen LogP contribution in [0, 0.1) is 12.8 Å². The second-order valence-electron chi connectivity index (χ2n) is 7.90. The van der Waals surface area contributed by atoms with E-state index in [1.54, 1.807) is 0 Å². The fraction of sp³-hybridized carbons (Fsp3) is 0.360.